The first-order valence-corrected chi connectivity index (χ1v) is 11.5. The lowest BCUT2D eigenvalue weighted by atomic mass is 9.96. The van der Waals surface area contributed by atoms with E-state index in [-0.39, 0.29) is 12.2 Å². The van der Waals surface area contributed by atoms with Crippen molar-refractivity contribution in [2.75, 3.05) is 6.61 Å². The maximum absolute atomic E-state index is 13.5. The maximum atomic E-state index is 13.5. The number of hydrogen-bond acceptors (Lipinski definition) is 6. The van der Waals surface area contributed by atoms with Crippen LogP contribution in [-0.4, -0.2) is 26.9 Å². The van der Waals surface area contributed by atoms with Gasteiger partial charge in [-0.2, -0.15) is 5.10 Å². The Balaban J connectivity index is 1.95. The van der Waals surface area contributed by atoms with Crippen LogP contribution in [0.5, 0.6) is 0 Å². The first kappa shape index (κ1) is 22.2. The number of carbonyl (C=O) groups is 1. The lowest BCUT2D eigenvalue weighted by Gasteiger charge is -2.24. The van der Waals surface area contributed by atoms with Crippen molar-refractivity contribution < 1.29 is 9.53 Å². The van der Waals surface area contributed by atoms with Crippen LogP contribution >= 0.6 is 22.9 Å². The maximum Gasteiger partial charge on any atom is 0.338 e. The molecule has 0 saturated heterocycles. The van der Waals surface area contributed by atoms with Gasteiger partial charge in [-0.3, -0.25) is 14.0 Å². The van der Waals surface area contributed by atoms with Crippen LogP contribution in [0.15, 0.2) is 51.5 Å². The summed E-state index contributed by atoms with van der Waals surface area (Å²) in [6.45, 7) is 8.41. The third-order valence-corrected chi connectivity index (χ3v) is 6.53. The Labute approximate surface area is 193 Å². The topological polar surface area (TPSA) is 78.5 Å². The van der Waals surface area contributed by atoms with Crippen LogP contribution < -0.4 is 14.9 Å². The van der Waals surface area contributed by atoms with E-state index in [1.165, 1.54) is 11.3 Å². The summed E-state index contributed by atoms with van der Waals surface area (Å²) < 4.78 is 9.23. The van der Waals surface area contributed by atoms with Crippen molar-refractivity contribution in [3.63, 3.8) is 0 Å². The molecule has 0 spiro atoms. The minimum Gasteiger partial charge on any atom is -0.463 e. The molecule has 1 aromatic carbocycles. The molecule has 1 aliphatic rings. The lowest BCUT2D eigenvalue weighted by molar-refractivity contribution is -0.139. The quantitative estimate of drug-likeness (QED) is 0.537. The van der Waals surface area contributed by atoms with Crippen LogP contribution in [0.25, 0.3) is 6.08 Å². The fourth-order valence-electron chi connectivity index (χ4n) is 3.73. The van der Waals surface area contributed by atoms with Gasteiger partial charge in [-0.15, -0.1) is 0 Å². The van der Waals surface area contributed by atoms with Gasteiger partial charge in [-0.25, -0.2) is 9.79 Å². The molecule has 0 saturated carbocycles. The van der Waals surface area contributed by atoms with Gasteiger partial charge in [0.1, 0.15) is 0 Å². The van der Waals surface area contributed by atoms with E-state index < -0.39 is 12.0 Å². The number of allylic oxidation sites excluding steroid dienone is 1. The van der Waals surface area contributed by atoms with E-state index >= 15 is 0 Å². The number of aryl methyl sites for hydroxylation is 2. The van der Waals surface area contributed by atoms with Crippen molar-refractivity contribution >= 4 is 35.0 Å². The van der Waals surface area contributed by atoms with Crippen LogP contribution in [0, 0.1) is 6.92 Å². The molecule has 0 aliphatic carbocycles. The van der Waals surface area contributed by atoms with Crippen LogP contribution in [0.3, 0.4) is 0 Å². The molecule has 1 atom stereocenters. The van der Waals surface area contributed by atoms with E-state index in [4.69, 9.17) is 16.3 Å². The summed E-state index contributed by atoms with van der Waals surface area (Å²) in [5.41, 5.74) is 3.15. The van der Waals surface area contributed by atoms with Crippen LogP contribution in [0.1, 0.15) is 43.6 Å². The van der Waals surface area contributed by atoms with Crippen molar-refractivity contribution in [3.8, 4) is 0 Å². The van der Waals surface area contributed by atoms with Gasteiger partial charge in [0.2, 0.25) is 0 Å². The zero-order chi connectivity index (χ0) is 23.0. The molecule has 0 unspecified atom stereocenters. The molecule has 2 aromatic heterocycles. The number of benzene rings is 1. The number of esters is 1. The zero-order valence-electron chi connectivity index (χ0n) is 18.3. The highest BCUT2D eigenvalue weighted by Crippen LogP contribution is 2.31. The predicted molar refractivity (Wildman–Crippen MR) is 124 cm³/mol. The van der Waals surface area contributed by atoms with Gasteiger partial charge in [-0.1, -0.05) is 35.1 Å². The number of thiazole rings is 1. The number of ether oxygens (including phenoxy) is 1. The number of aromatic nitrogens is 3. The highest BCUT2D eigenvalue weighted by molar-refractivity contribution is 7.07. The molecule has 0 N–H and O–H groups in total. The van der Waals surface area contributed by atoms with Gasteiger partial charge in [-0.05, 0) is 51.5 Å². The largest absolute Gasteiger partial charge is 0.463 e. The Morgan fingerprint density at radius 3 is 2.59 bits per heavy atom. The van der Waals surface area contributed by atoms with E-state index in [0.29, 0.717) is 25.6 Å². The standard InChI is InChI=1S/C23H23ClN4O3S/c1-5-27-12-16(13(3)26-27)11-18-21(29)28-20(15-7-9-17(24)10-8-15)19(22(30)31-6-2)14(4)25-23(28)32-18/h7-12,20H,5-6H2,1-4H3/t20-/m1/s1. The van der Waals surface area contributed by atoms with Gasteiger partial charge in [0.05, 0.1) is 34.1 Å². The summed E-state index contributed by atoms with van der Waals surface area (Å²) >= 11 is 7.37. The van der Waals surface area contributed by atoms with Crippen molar-refractivity contribution in [3.05, 3.63) is 83.3 Å². The van der Waals surface area contributed by atoms with Crippen molar-refractivity contribution in [1.82, 2.24) is 14.3 Å². The molecule has 32 heavy (non-hydrogen) atoms. The molecule has 3 heterocycles. The molecule has 0 radical (unpaired) electrons. The van der Waals surface area contributed by atoms with Crippen LogP contribution in [0.2, 0.25) is 5.02 Å². The second-order valence-corrected chi connectivity index (χ2v) is 8.82. The minimum absolute atomic E-state index is 0.216. The zero-order valence-corrected chi connectivity index (χ0v) is 19.8. The van der Waals surface area contributed by atoms with E-state index in [2.05, 4.69) is 10.1 Å². The Bertz CT molecular complexity index is 1400. The summed E-state index contributed by atoms with van der Waals surface area (Å²) in [6.07, 6.45) is 3.75. The number of carbonyl (C=O) groups excluding carboxylic acids is 1. The second kappa shape index (κ2) is 8.88. The smallest absolute Gasteiger partial charge is 0.338 e. The summed E-state index contributed by atoms with van der Waals surface area (Å²) in [5.74, 6) is -0.483. The van der Waals surface area contributed by atoms with E-state index in [1.54, 1.807) is 30.5 Å². The molecule has 4 rings (SSSR count). The van der Waals surface area contributed by atoms with Gasteiger partial charge in [0.15, 0.2) is 4.80 Å². The molecular weight excluding hydrogens is 448 g/mol. The van der Waals surface area contributed by atoms with Crippen molar-refractivity contribution in [1.29, 1.82) is 0 Å². The predicted octanol–water partition coefficient (Wildman–Crippen LogP) is 2.98. The average molecular weight is 471 g/mol. The number of halogens is 1. The number of nitrogens with zero attached hydrogens (tertiary/aromatic N) is 4. The molecule has 0 amide bonds. The molecule has 9 heteroatoms. The van der Waals surface area contributed by atoms with Gasteiger partial charge >= 0.3 is 5.97 Å². The normalized spacial score (nSPS) is 16.2. The third-order valence-electron chi connectivity index (χ3n) is 5.30. The monoisotopic (exact) mass is 470 g/mol. The van der Waals surface area contributed by atoms with Crippen LogP contribution in [-0.2, 0) is 16.1 Å². The Morgan fingerprint density at radius 1 is 1.25 bits per heavy atom. The molecule has 7 nitrogen and oxygen atoms in total. The fraction of sp³-hybridized carbons (Fsp3) is 0.304. The molecular formula is C23H23ClN4O3S. The Morgan fingerprint density at radius 2 is 1.97 bits per heavy atom. The van der Waals surface area contributed by atoms with Gasteiger partial charge in [0, 0.05) is 23.3 Å². The van der Waals surface area contributed by atoms with E-state index in [9.17, 15) is 9.59 Å². The molecule has 3 aromatic rings. The Kier molecular flexibility index (Phi) is 6.17. The Hall–Kier alpha value is -2.97. The highest BCUT2D eigenvalue weighted by Gasteiger charge is 2.33. The summed E-state index contributed by atoms with van der Waals surface area (Å²) in [7, 11) is 0. The number of hydrogen-bond donors (Lipinski definition) is 0. The summed E-state index contributed by atoms with van der Waals surface area (Å²) in [6, 6.07) is 6.47. The van der Waals surface area contributed by atoms with E-state index in [0.717, 1.165) is 23.4 Å². The highest BCUT2D eigenvalue weighted by atomic mass is 35.5. The number of fused-ring (bicyclic) bond motifs is 1. The average Bonchev–Trinajstić information content (AvgIpc) is 3.27. The first-order chi connectivity index (χ1) is 15.3. The molecule has 1 aliphatic heterocycles. The SMILES string of the molecule is CCOC(=O)C1=C(C)N=c2sc(=Cc3cn(CC)nc3C)c(=O)n2[C@@H]1c1ccc(Cl)cc1. The lowest BCUT2D eigenvalue weighted by Crippen LogP contribution is -2.39. The minimum atomic E-state index is -0.649. The van der Waals surface area contributed by atoms with E-state index in [1.807, 2.05) is 42.9 Å². The van der Waals surface area contributed by atoms with Gasteiger partial charge < -0.3 is 4.74 Å². The summed E-state index contributed by atoms with van der Waals surface area (Å²) in [4.78, 5) is 31.5. The van der Waals surface area contributed by atoms with Crippen molar-refractivity contribution in [2.45, 2.75) is 40.3 Å². The molecule has 0 bridgehead atoms. The fourth-order valence-corrected chi connectivity index (χ4v) is 4.89. The summed E-state index contributed by atoms with van der Waals surface area (Å²) in [5, 5.41) is 5.02. The van der Waals surface area contributed by atoms with Crippen molar-refractivity contribution in [2.24, 2.45) is 4.99 Å². The van der Waals surface area contributed by atoms with Gasteiger partial charge in [0.25, 0.3) is 5.56 Å². The molecule has 0 fully saturated rings. The second-order valence-electron chi connectivity index (χ2n) is 7.38. The number of rotatable bonds is 5. The molecule has 166 valence electrons. The third kappa shape index (κ3) is 3.96. The van der Waals surface area contributed by atoms with Crippen LogP contribution in [0.4, 0.5) is 0 Å². The first-order valence-electron chi connectivity index (χ1n) is 10.3.